The van der Waals surface area contributed by atoms with Crippen LogP contribution < -0.4 is 5.32 Å². The first-order valence-corrected chi connectivity index (χ1v) is 7.50. The summed E-state index contributed by atoms with van der Waals surface area (Å²) in [5, 5.41) is 3.51. The quantitative estimate of drug-likeness (QED) is 0.892. The monoisotopic (exact) mass is 275 g/mol. The summed E-state index contributed by atoms with van der Waals surface area (Å²) >= 11 is 0. The number of hydrogen-bond acceptors (Lipinski definition) is 3. The Morgan fingerprint density at radius 1 is 1.25 bits per heavy atom. The van der Waals surface area contributed by atoms with E-state index >= 15 is 0 Å². The van der Waals surface area contributed by atoms with Crippen LogP contribution in [-0.2, 0) is 9.53 Å². The molecular weight excluding hydrogens is 250 g/mol. The third-order valence-electron chi connectivity index (χ3n) is 4.30. The van der Waals surface area contributed by atoms with Crippen LogP contribution in [-0.4, -0.2) is 25.0 Å². The average molecular weight is 275 g/mol. The van der Waals surface area contributed by atoms with Crippen molar-refractivity contribution in [2.75, 3.05) is 12.4 Å². The second-order valence-corrected chi connectivity index (χ2v) is 5.80. The summed E-state index contributed by atoms with van der Waals surface area (Å²) in [6.07, 6.45) is 3.87. The highest BCUT2D eigenvalue weighted by molar-refractivity contribution is 5.83. The van der Waals surface area contributed by atoms with Crippen LogP contribution in [0, 0.1) is 12.8 Å². The van der Waals surface area contributed by atoms with Crippen molar-refractivity contribution >= 4 is 11.5 Å². The molecule has 0 radical (unpaired) electrons. The number of methoxy groups -OCH3 is 1. The summed E-state index contributed by atoms with van der Waals surface area (Å²) in [5.41, 5.74) is 2.29. The van der Waals surface area contributed by atoms with Gasteiger partial charge in [-0.05, 0) is 38.8 Å². The minimum absolute atomic E-state index is 0.0170. The van der Waals surface area contributed by atoms with Gasteiger partial charge in [0.2, 0.25) is 0 Å². The van der Waals surface area contributed by atoms with Crippen molar-refractivity contribution in [3.8, 4) is 0 Å². The summed E-state index contributed by atoms with van der Waals surface area (Å²) in [6.45, 7) is 4.11. The number of anilines is 1. The fraction of sp³-hybridized carbons (Fsp3) is 0.588. The van der Waals surface area contributed by atoms with E-state index in [0.717, 1.165) is 24.9 Å². The third kappa shape index (κ3) is 3.60. The van der Waals surface area contributed by atoms with E-state index in [1.807, 2.05) is 6.92 Å². The number of nitrogens with one attached hydrogen (secondary N) is 1. The molecule has 1 aromatic carbocycles. The summed E-state index contributed by atoms with van der Waals surface area (Å²) in [5.74, 6) is 0.449. The van der Waals surface area contributed by atoms with Gasteiger partial charge in [-0.1, -0.05) is 24.1 Å². The van der Waals surface area contributed by atoms with Crippen LogP contribution in [0.1, 0.15) is 38.2 Å². The lowest BCUT2D eigenvalue weighted by Gasteiger charge is -2.34. The molecule has 0 saturated heterocycles. The molecule has 20 heavy (non-hydrogen) atoms. The number of hydrogen-bond donors (Lipinski definition) is 1. The highest BCUT2D eigenvalue weighted by Gasteiger charge is 2.33. The van der Waals surface area contributed by atoms with E-state index in [-0.39, 0.29) is 18.1 Å². The van der Waals surface area contributed by atoms with Crippen molar-refractivity contribution in [2.24, 2.45) is 5.92 Å². The molecular formula is C17H25NO2. The number of benzene rings is 1. The third-order valence-corrected chi connectivity index (χ3v) is 4.30. The predicted octanol–water partition coefficient (Wildman–Crippen LogP) is 3.57. The number of Topliss-reactive ketones (excluding diaryl/α,β-unsaturated/α-hetero) is 1. The molecule has 3 atom stereocenters. The van der Waals surface area contributed by atoms with E-state index in [4.69, 9.17) is 4.74 Å². The lowest BCUT2D eigenvalue weighted by atomic mass is 9.81. The highest BCUT2D eigenvalue weighted by atomic mass is 16.5. The van der Waals surface area contributed by atoms with Gasteiger partial charge in [-0.25, -0.2) is 0 Å². The molecule has 0 bridgehead atoms. The number of ether oxygens (including phenoxy) is 1. The molecule has 3 heteroatoms. The minimum Gasteiger partial charge on any atom is -0.380 e. The van der Waals surface area contributed by atoms with E-state index in [9.17, 15) is 4.79 Å². The van der Waals surface area contributed by atoms with Gasteiger partial charge in [0.15, 0.2) is 0 Å². The zero-order valence-electron chi connectivity index (χ0n) is 12.7. The normalized spacial score (nSPS) is 22.4. The van der Waals surface area contributed by atoms with Crippen LogP contribution in [0.25, 0.3) is 0 Å². The molecule has 1 aromatic rings. The lowest BCUT2D eigenvalue weighted by molar-refractivity contribution is -0.126. The summed E-state index contributed by atoms with van der Waals surface area (Å²) in [7, 11) is 1.71. The maximum Gasteiger partial charge on any atom is 0.138 e. The second kappa shape index (κ2) is 6.89. The van der Waals surface area contributed by atoms with Gasteiger partial charge < -0.3 is 10.1 Å². The smallest absolute Gasteiger partial charge is 0.138 e. The first-order chi connectivity index (χ1) is 9.61. The Kier molecular flexibility index (Phi) is 5.18. The van der Waals surface area contributed by atoms with Crippen molar-refractivity contribution in [3.05, 3.63) is 29.8 Å². The molecule has 1 unspecified atom stereocenters. The number of ketones is 1. The molecule has 1 fully saturated rings. The van der Waals surface area contributed by atoms with Gasteiger partial charge >= 0.3 is 0 Å². The molecule has 0 aromatic heterocycles. The molecule has 0 heterocycles. The van der Waals surface area contributed by atoms with E-state index in [1.54, 1.807) is 7.11 Å². The predicted molar refractivity (Wildman–Crippen MR) is 82.0 cm³/mol. The van der Waals surface area contributed by atoms with Crippen molar-refractivity contribution < 1.29 is 9.53 Å². The molecule has 1 aliphatic carbocycles. The Morgan fingerprint density at radius 2 is 1.95 bits per heavy atom. The zero-order chi connectivity index (χ0) is 14.5. The van der Waals surface area contributed by atoms with Crippen molar-refractivity contribution in [1.82, 2.24) is 0 Å². The SMILES string of the molecule is COC(C)[C@@H](Nc1ccc(C)cc1)[C@@H]1CCCCC1=O. The van der Waals surface area contributed by atoms with Crippen molar-refractivity contribution in [1.29, 1.82) is 0 Å². The lowest BCUT2D eigenvalue weighted by Crippen LogP contribution is -2.44. The number of aryl methyl sites for hydroxylation is 1. The van der Waals surface area contributed by atoms with Gasteiger partial charge in [0.25, 0.3) is 0 Å². The van der Waals surface area contributed by atoms with E-state index in [2.05, 4.69) is 36.5 Å². The van der Waals surface area contributed by atoms with Gasteiger partial charge in [0.1, 0.15) is 5.78 Å². The maximum atomic E-state index is 12.2. The summed E-state index contributed by atoms with van der Waals surface area (Å²) in [4.78, 5) is 12.2. The Labute approximate surface area is 121 Å². The summed E-state index contributed by atoms with van der Waals surface area (Å²) in [6, 6.07) is 8.35. The molecule has 2 rings (SSSR count). The van der Waals surface area contributed by atoms with Crippen molar-refractivity contribution in [2.45, 2.75) is 51.7 Å². The van der Waals surface area contributed by atoms with E-state index in [1.165, 1.54) is 5.56 Å². The van der Waals surface area contributed by atoms with Gasteiger partial charge in [-0.2, -0.15) is 0 Å². The minimum atomic E-state index is 0.0170. The largest absolute Gasteiger partial charge is 0.380 e. The van der Waals surface area contributed by atoms with Gasteiger partial charge in [0.05, 0.1) is 12.1 Å². The molecule has 1 aliphatic rings. The Bertz CT molecular complexity index is 441. The van der Waals surface area contributed by atoms with Gasteiger partial charge in [0, 0.05) is 25.1 Å². The second-order valence-electron chi connectivity index (χ2n) is 5.80. The van der Waals surface area contributed by atoms with Crippen molar-refractivity contribution in [3.63, 3.8) is 0 Å². The molecule has 110 valence electrons. The molecule has 0 amide bonds. The van der Waals surface area contributed by atoms with Crippen LogP contribution in [0.5, 0.6) is 0 Å². The fourth-order valence-electron chi connectivity index (χ4n) is 2.92. The molecule has 1 saturated carbocycles. The number of carbonyl (C=O) groups excluding carboxylic acids is 1. The zero-order valence-corrected chi connectivity index (χ0v) is 12.7. The fourth-order valence-corrected chi connectivity index (χ4v) is 2.92. The summed E-state index contributed by atoms with van der Waals surface area (Å²) < 4.78 is 5.50. The molecule has 0 spiro atoms. The van der Waals surface area contributed by atoms with E-state index < -0.39 is 0 Å². The first-order valence-electron chi connectivity index (χ1n) is 7.50. The standard InChI is InChI=1S/C17H25NO2/c1-12-8-10-14(11-9-12)18-17(13(2)20-3)15-6-4-5-7-16(15)19/h8-11,13,15,17-18H,4-7H2,1-3H3/t13?,15-,17-/m1/s1. The highest BCUT2D eigenvalue weighted by Crippen LogP contribution is 2.28. The molecule has 1 N–H and O–H groups in total. The molecule has 0 aliphatic heterocycles. The van der Waals surface area contributed by atoms with Crippen LogP contribution in [0.3, 0.4) is 0 Å². The first kappa shape index (κ1) is 15.0. The Morgan fingerprint density at radius 3 is 2.55 bits per heavy atom. The average Bonchev–Trinajstić information content (AvgIpc) is 2.47. The van der Waals surface area contributed by atoms with Gasteiger partial charge in [-0.3, -0.25) is 4.79 Å². The number of carbonyl (C=O) groups is 1. The van der Waals surface area contributed by atoms with Crippen LogP contribution in [0.15, 0.2) is 24.3 Å². The Hall–Kier alpha value is -1.35. The Balaban J connectivity index is 2.14. The van der Waals surface area contributed by atoms with E-state index in [0.29, 0.717) is 12.2 Å². The van der Waals surface area contributed by atoms with Crippen LogP contribution in [0.2, 0.25) is 0 Å². The van der Waals surface area contributed by atoms with Crippen LogP contribution in [0.4, 0.5) is 5.69 Å². The van der Waals surface area contributed by atoms with Gasteiger partial charge in [-0.15, -0.1) is 0 Å². The maximum absolute atomic E-state index is 12.2. The molecule has 3 nitrogen and oxygen atoms in total. The topological polar surface area (TPSA) is 38.3 Å². The number of rotatable bonds is 5. The van der Waals surface area contributed by atoms with Crippen LogP contribution >= 0.6 is 0 Å².